The average Bonchev–Trinajstić information content (AvgIpc) is 2.50. The summed E-state index contributed by atoms with van der Waals surface area (Å²) < 4.78 is 4.92. The fourth-order valence-electron chi connectivity index (χ4n) is 0.868. The lowest BCUT2D eigenvalue weighted by Gasteiger charge is -2.05. The van der Waals surface area contributed by atoms with E-state index in [-0.39, 0.29) is 6.42 Å². The minimum atomic E-state index is 0.228. The number of hydrogen-bond donors (Lipinski definition) is 0. The van der Waals surface area contributed by atoms with Gasteiger partial charge in [-0.3, -0.25) is 0 Å². The highest BCUT2D eigenvalue weighted by molar-refractivity contribution is 5.52. The molecular weight excluding hydrogens is 170 g/mol. The minimum Gasteiger partial charge on any atom is -0.339 e. The first-order valence-electron chi connectivity index (χ1n) is 4.12. The molecule has 1 aromatic rings. The lowest BCUT2D eigenvalue weighted by atomic mass is 10.4. The first-order valence-corrected chi connectivity index (χ1v) is 4.12. The largest absolute Gasteiger partial charge is 0.339 e. The van der Waals surface area contributed by atoms with E-state index in [9.17, 15) is 4.79 Å². The highest BCUT2D eigenvalue weighted by atomic mass is 16.5. The van der Waals surface area contributed by atoms with E-state index < -0.39 is 0 Å². The van der Waals surface area contributed by atoms with E-state index in [2.05, 4.69) is 10.1 Å². The third-order valence-corrected chi connectivity index (χ3v) is 1.55. The van der Waals surface area contributed by atoms with Gasteiger partial charge in [-0.05, 0) is 14.1 Å². The molecule has 1 aromatic heterocycles. The molecule has 5 heteroatoms. The quantitative estimate of drug-likeness (QED) is 0.597. The van der Waals surface area contributed by atoms with Crippen LogP contribution in [0.2, 0.25) is 0 Å². The maximum atomic E-state index is 10.1. The van der Waals surface area contributed by atoms with Gasteiger partial charge in [0.25, 0.3) is 0 Å². The Morgan fingerprint density at radius 3 is 2.92 bits per heavy atom. The molecule has 72 valence electrons. The van der Waals surface area contributed by atoms with Crippen molar-refractivity contribution in [1.29, 1.82) is 0 Å². The van der Waals surface area contributed by atoms with Crippen LogP contribution in [0.15, 0.2) is 4.52 Å². The summed E-state index contributed by atoms with van der Waals surface area (Å²) in [6.07, 6.45) is 1.71. The molecule has 0 aromatic carbocycles. The third-order valence-electron chi connectivity index (χ3n) is 1.55. The molecule has 0 unspecified atom stereocenters. The van der Waals surface area contributed by atoms with Crippen LogP contribution in [0.25, 0.3) is 0 Å². The Morgan fingerprint density at radius 1 is 1.54 bits per heavy atom. The molecular formula is C8H13N3O2. The van der Waals surface area contributed by atoms with Gasteiger partial charge >= 0.3 is 0 Å². The third kappa shape index (κ3) is 3.33. The maximum Gasteiger partial charge on any atom is 0.227 e. The summed E-state index contributed by atoms with van der Waals surface area (Å²) in [6, 6.07) is 0. The molecule has 0 saturated heterocycles. The molecule has 0 bridgehead atoms. The van der Waals surface area contributed by atoms with Crippen molar-refractivity contribution in [3.8, 4) is 0 Å². The smallest absolute Gasteiger partial charge is 0.227 e. The van der Waals surface area contributed by atoms with Crippen molar-refractivity contribution in [3.05, 3.63) is 11.7 Å². The Hall–Kier alpha value is -1.23. The monoisotopic (exact) mass is 183 g/mol. The number of carbonyl (C=O) groups is 1. The van der Waals surface area contributed by atoms with Gasteiger partial charge in [0.1, 0.15) is 6.29 Å². The summed E-state index contributed by atoms with van der Waals surface area (Å²) in [6.45, 7) is 0.864. The van der Waals surface area contributed by atoms with Crippen LogP contribution >= 0.6 is 0 Å². The van der Waals surface area contributed by atoms with Crippen LogP contribution in [-0.2, 0) is 17.6 Å². The van der Waals surface area contributed by atoms with Gasteiger partial charge in [-0.25, -0.2) is 0 Å². The van der Waals surface area contributed by atoms with Crippen LogP contribution in [0.4, 0.5) is 0 Å². The molecule has 0 N–H and O–H groups in total. The van der Waals surface area contributed by atoms with E-state index in [1.54, 1.807) is 0 Å². The van der Waals surface area contributed by atoms with E-state index in [0.29, 0.717) is 11.7 Å². The zero-order chi connectivity index (χ0) is 9.68. The zero-order valence-electron chi connectivity index (χ0n) is 7.86. The van der Waals surface area contributed by atoms with E-state index >= 15 is 0 Å². The van der Waals surface area contributed by atoms with Crippen LogP contribution in [-0.4, -0.2) is 42.0 Å². The van der Waals surface area contributed by atoms with Crippen LogP contribution in [0.3, 0.4) is 0 Å². The molecule has 0 saturated carbocycles. The van der Waals surface area contributed by atoms with Gasteiger partial charge in [-0.15, -0.1) is 0 Å². The number of aromatic nitrogens is 2. The summed E-state index contributed by atoms with van der Waals surface area (Å²) in [5.41, 5.74) is 0. The second-order valence-corrected chi connectivity index (χ2v) is 3.03. The van der Waals surface area contributed by atoms with E-state index in [0.717, 1.165) is 19.3 Å². The SMILES string of the molecule is CN(C)CCc1nc(CC=O)no1. The molecule has 5 nitrogen and oxygen atoms in total. The number of likely N-dealkylation sites (N-methyl/N-ethyl adjacent to an activating group) is 1. The summed E-state index contributed by atoms with van der Waals surface area (Å²) in [5.74, 6) is 1.05. The Kier molecular flexibility index (Phi) is 3.57. The lowest BCUT2D eigenvalue weighted by Crippen LogP contribution is -2.15. The Labute approximate surface area is 76.7 Å². The number of hydrogen-bond acceptors (Lipinski definition) is 5. The summed E-state index contributed by atoms with van der Waals surface area (Å²) >= 11 is 0. The second-order valence-electron chi connectivity index (χ2n) is 3.03. The van der Waals surface area contributed by atoms with Gasteiger partial charge < -0.3 is 14.2 Å². The van der Waals surface area contributed by atoms with Gasteiger partial charge in [0.05, 0.1) is 6.42 Å². The molecule has 0 aliphatic rings. The van der Waals surface area contributed by atoms with Crippen molar-refractivity contribution in [2.45, 2.75) is 12.8 Å². The number of aldehydes is 1. The normalized spacial score (nSPS) is 10.7. The van der Waals surface area contributed by atoms with Crippen LogP contribution in [0, 0.1) is 0 Å². The molecule has 0 radical (unpaired) electrons. The first-order chi connectivity index (χ1) is 6.22. The lowest BCUT2D eigenvalue weighted by molar-refractivity contribution is -0.107. The summed E-state index contributed by atoms with van der Waals surface area (Å²) in [5, 5.41) is 3.65. The Morgan fingerprint density at radius 2 is 2.31 bits per heavy atom. The number of carbonyl (C=O) groups excluding carboxylic acids is 1. The molecule has 0 spiro atoms. The van der Waals surface area contributed by atoms with Gasteiger partial charge in [0.15, 0.2) is 5.82 Å². The van der Waals surface area contributed by atoms with Crippen LogP contribution in [0.5, 0.6) is 0 Å². The molecule has 0 fully saturated rings. The molecule has 0 aliphatic carbocycles. The fourth-order valence-corrected chi connectivity index (χ4v) is 0.868. The van der Waals surface area contributed by atoms with Gasteiger partial charge in [-0.1, -0.05) is 5.16 Å². The van der Waals surface area contributed by atoms with Gasteiger partial charge in [0.2, 0.25) is 5.89 Å². The Balaban J connectivity index is 2.44. The van der Waals surface area contributed by atoms with Gasteiger partial charge in [-0.2, -0.15) is 4.98 Å². The van der Waals surface area contributed by atoms with E-state index in [1.807, 2.05) is 19.0 Å². The second kappa shape index (κ2) is 4.71. The average molecular weight is 183 g/mol. The minimum absolute atomic E-state index is 0.228. The Bertz CT molecular complexity index is 270. The van der Waals surface area contributed by atoms with E-state index in [4.69, 9.17) is 4.52 Å². The number of rotatable bonds is 5. The molecule has 13 heavy (non-hydrogen) atoms. The molecule has 1 heterocycles. The molecule has 0 aliphatic heterocycles. The van der Waals surface area contributed by atoms with Crippen molar-refractivity contribution >= 4 is 6.29 Å². The van der Waals surface area contributed by atoms with Crippen LogP contribution < -0.4 is 0 Å². The highest BCUT2D eigenvalue weighted by Gasteiger charge is 2.05. The predicted molar refractivity (Wildman–Crippen MR) is 46.3 cm³/mol. The van der Waals surface area contributed by atoms with Crippen molar-refractivity contribution in [3.63, 3.8) is 0 Å². The predicted octanol–water partition coefficient (Wildman–Crippen LogP) is -0.0849. The van der Waals surface area contributed by atoms with Crippen molar-refractivity contribution in [2.75, 3.05) is 20.6 Å². The topological polar surface area (TPSA) is 59.2 Å². The van der Waals surface area contributed by atoms with Gasteiger partial charge in [0, 0.05) is 13.0 Å². The van der Waals surface area contributed by atoms with Crippen molar-refractivity contribution in [2.24, 2.45) is 0 Å². The maximum absolute atomic E-state index is 10.1. The number of nitrogens with zero attached hydrogens (tertiary/aromatic N) is 3. The van der Waals surface area contributed by atoms with Crippen molar-refractivity contribution in [1.82, 2.24) is 15.0 Å². The van der Waals surface area contributed by atoms with Crippen LogP contribution in [0.1, 0.15) is 11.7 Å². The summed E-state index contributed by atoms with van der Waals surface area (Å²) in [4.78, 5) is 16.2. The molecule has 0 amide bonds. The molecule has 0 atom stereocenters. The van der Waals surface area contributed by atoms with E-state index in [1.165, 1.54) is 0 Å². The molecule has 1 rings (SSSR count). The standard InChI is InChI=1S/C8H13N3O2/c1-11(2)5-3-8-9-7(4-6-12)10-13-8/h6H,3-5H2,1-2H3. The van der Waals surface area contributed by atoms with Crippen molar-refractivity contribution < 1.29 is 9.32 Å². The zero-order valence-corrected chi connectivity index (χ0v) is 7.86. The first kappa shape index (κ1) is 9.85. The highest BCUT2D eigenvalue weighted by Crippen LogP contribution is 1.98. The fraction of sp³-hybridized carbons (Fsp3) is 0.625. The summed E-state index contributed by atoms with van der Waals surface area (Å²) in [7, 11) is 3.95.